The maximum atomic E-state index is 13.6. The molecule has 0 unspecified atom stereocenters. The lowest BCUT2D eigenvalue weighted by molar-refractivity contribution is -0.166. The minimum Gasteiger partial charge on any atom is -0.477 e. The van der Waals surface area contributed by atoms with Crippen LogP contribution in [-0.4, -0.2) is 29.4 Å². The first kappa shape index (κ1) is 15.9. The molecule has 0 amide bonds. The van der Waals surface area contributed by atoms with Crippen molar-refractivity contribution in [2.24, 2.45) is 0 Å². The number of carboxylic acid groups (broad SMARTS) is 1. The van der Waals surface area contributed by atoms with Crippen molar-refractivity contribution in [2.75, 3.05) is 0 Å². The Balaban J connectivity index is 2.34. The average Bonchev–Trinajstić information content (AvgIpc) is 2.58. The van der Waals surface area contributed by atoms with Gasteiger partial charge in [0.05, 0.1) is 11.2 Å². The summed E-state index contributed by atoms with van der Waals surface area (Å²) >= 11 is 0. The van der Waals surface area contributed by atoms with Gasteiger partial charge in [0.25, 0.3) is 0 Å². The Morgan fingerprint density at radius 3 is 2.19 bits per heavy atom. The van der Waals surface area contributed by atoms with Crippen LogP contribution in [0.2, 0.25) is 0 Å². The summed E-state index contributed by atoms with van der Waals surface area (Å²) in [6.07, 6.45) is 0. The number of hydrogen-bond acceptors (Lipinski definition) is 3. The van der Waals surface area contributed by atoms with Gasteiger partial charge in [0, 0.05) is 5.56 Å². The Morgan fingerprint density at radius 1 is 1.19 bits per heavy atom. The van der Waals surface area contributed by atoms with Crippen molar-refractivity contribution < 1.29 is 28.0 Å². The highest BCUT2D eigenvalue weighted by atomic mass is 19.3. The van der Waals surface area contributed by atoms with E-state index in [9.17, 15) is 13.6 Å². The predicted molar refractivity (Wildman–Crippen MR) is 73.7 cm³/mol. The lowest BCUT2D eigenvalue weighted by atomic mass is 9.78. The van der Waals surface area contributed by atoms with Crippen molar-refractivity contribution in [3.05, 3.63) is 29.8 Å². The smallest absolute Gasteiger partial charge is 0.477 e. The third-order valence-corrected chi connectivity index (χ3v) is 4.04. The summed E-state index contributed by atoms with van der Waals surface area (Å²) < 4.78 is 38.7. The lowest BCUT2D eigenvalue weighted by Crippen LogP contribution is -2.41. The first-order valence-electron chi connectivity index (χ1n) is 6.55. The summed E-state index contributed by atoms with van der Waals surface area (Å²) in [6, 6.07) is 5.12. The largest absolute Gasteiger partial charge is 0.494 e. The number of benzene rings is 1. The first-order chi connectivity index (χ1) is 9.47. The van der Waals surface area contributed by atoms with Gasteiger partial charge >= 0.3 is 19.0 Å². The molecule has 4 nitrogen and oxygen atoms in total. The molecule has 1 aliphatic rings. The highest BCUT2D eigenvalue weighted by molar-refractivity contribution is 6.62. The van der Waals surface area contributed by atoms with E-state index in [4.69, 9.17) is 14.4 Å². The van der Waals surface area contributed by atoms with Gasteiger partial charge in [-0.2, -0.15) is 8.78 Å². The fourth-order valence-corrected chi connectivity index (χ4v) is 1.98. The van der Waals surface area contributed by atoms with Crippen LogP contribution in [-0.2, 0) is 20.0 Å². The van der Waals surface area contributed by atoms with Crippen LogP contribution in [0.25, 0.3) is 0 Å². The van der Waals surface area contributed by atoms with Gasteiger partial charge in [0.1, 0.15) is 0 Å². The van der Waals surface area contributed by atoms with Crippen molar-refractivity contribution in [3.63, 3.8) is 0 Å². The summed E-state index contributed by atoms with van der Waals surface area (Å²) in [4.78, 5) is 10.6. The number of rotatable bonds is 3. The van der Waals surface area contributed by atoms with E-state index < -0.39 is 35.8 Å². The van der Waals surface area contributed by atoms with Gasteiger partial charge < -0.3 is 14.4 Å². The molecule has 1 aromatic carbocycles. The molecule has 1 aromatic rings. The molecule has 1 saturated heterocycles. The molecule has 0 atom stereocenters. The standard InChI is InChI=1S/C14H17BF2O4/c1-12(2)13(3,4)21-15(20-12)10-7-5-6-9(8-10)14(16,17)11(18)19/h5-8H,1-4H3,(H,18,19). The van der Waals surface area contributed by atoms with E-state index >= 15 is 0 Å². The molecule has 0 aliphatic carbocycles. The number of halogens is 2. The number of aliphatic carboxylic acids is 1. The van der Waals surface area contributed by atoms with Crippen molar-refractivity contribution in [3.8, 4) is 0 Å². The number of alkyl halides is 2. The zero-order valence-electron chi connectivity index (χ0n) is 12.3. The van der Waals surface area contributed by atoms with E-state index in [0.717, 1.165) is 12.1 Å². The average molecular weight is 298 g/mol. The SMILES string of the molecule is CC1(C)OB(c2cccc(C(F)(F)C(=O)O)c2)OC1(C)C. The first-order valence-corrected chi connectivity index (χ1v) is 6.55. The monoisotopic (exact) mass is 298 g/mol. The number of carbonyl (C=O) groups is 1. The normalized spacial score (nSPS) is 20.6. The quantitative estimate of drug-likeness (QED) is 0.869. The molecule has 0 spiro atoms. The molecule has 1 heterocycles. The molecule has 1 fully saturated rings. The predicted octanol–water partition coefficient (Wildman–Crippen LogP) is 2.16. The van der Waals surface area contributed by atoms with E-state index in [-0.39, 0.29) is 0 Å². The molecule has 0 aromatic heterocycles. The molecule has 0 saturated carbocycles. The Hall–Kier alpha value is -1.47. The van der Waals surface area contributed by atoms with Gasteiger partial charge in [-0.25, -0.2) is 4.79 Å². The molecule has 1 N–H and O–H groups in total. The second kappa shape index (κ2) is 4.78. The van der Waals surface area contributed by atoms with Crippen molar-refractivity contribution in [1.82, 2.24) is 0 Å². The summed E-state index contributed by atoms with van der Waals surface area (Å²) in [6.45, 7) is 7.40. The van der Waals surface area contributed by atoms with Crippen molar-refractivity contribution >= 4 is 18.6 Å². The zero-order chi connectivity index (χ0) is 16.1. The second-order valence-corrected chi connectivity index (χ2v) is 6.09. The Bertz CT molecular complexity index is 556. The second-order valence-electron chi connectivity index (χ2n) is 6.09. The summed E-state index contributed by atoms with van der Waals surface area (Å²) in [7, 11) is -0.806. The minimum absolute atomic E-state index is 0.368. The Morgan fingerprint density at radius 2 is 1.71 bits per heavy atom. The molecule has 0 bridgehead atoms. The van der Waals surface area contributed by atoms with Gasteiger partial charge in [-0.3, -0.25) is 0 Å². The fourth-order valence-electron chi connectivity index (χ4n) is 1.98. The van der Waals surface area contributed by atoms with E-state index in [1.807, 2.05) is 27.7 Å². The zero-order valence-corrected chi connectivity index (χ0v) is 12.3. The third-order valence-electron chi connectivity index (χ3n) is 4.04. The van der Waals surface area contributed by atoms with E-state index in [2.05, 4.69) is 0 Å². The topological polar surface area (TPSA) is 55.8 Å². The van der Waals surface area contributed by atoms with Crippen LogP contribution in [0.1, 0.15) is 33.3 Å². The maximum absolute atomic E-state index is 13.6. The van der Waals surface area contributed by atoms with Gasteiger partial charge in [0.2, 0.25) is 0 Å². The van der Waals surface area contributed by atoms with E-state index in [1.54, 1.807) is 6.07 Å². The minimum atomic E-state index is -3.94. The van der Waals surface area contributed by atoms with Crippen LogP contribution in [0.3, 0.4) is 0 Å². The highest BCUT2D eigenvalue weighted by Crippen LogP contribution is 2.37. The van der Waals surface area contributed by atoms with Crippen LogP contribution >= 0.6 is 0 Å². The van der Waals surface area contributed by atoms with Gasteiger partial charge in [-0.1, -0.05) is 24.3 Å². The van der Waals surface area contributed by atoms with E-state index in [1.165, 1.54) is 6.07 Å². The molecule has 21 heavy (non-hydrogen) atoms. The molecule has 7 heteroatoms. The fraction of sp³-hybridized carbons (Fsp3) is 0.500. The third kappa shape index (κ3) is 2.67. The molecule has 0 radical (unpaired) electrons. The molecule has 1 aliphatic heterocycles. The Labute approximate surface area is 122 Å². The van der Waals surface area contributed by atoms with Gasteiger partial charge in [-0.15, -0.1) is 0 Å². The summed E-state index contributed by atoms with van der Waals surface area (Å²) in [5.41, 5.74) is -1.42. The van der Waals surface area contributed by atoms with Crippen LogP contribution in [0.4, 0.5) is 8.78 Å². The van der Waals surface area contributed by atoms with Crippen LogP contribution < -0.4 is 5.46 Å². The van der Waals surface area contributed by atoms with Crippen molar-refractivity contribution in [1.29, 1.82) is 0 Å². The summed E-state index contributed by atoms with van der Waals surface area (Å²) in [5, 5.41) is 8.60. The van der Waals surface area contributed by atoms with Crippen LogP contribution in [0.5, 0.6) is 0 Å². The van der Waals surface area contributed by atoms with Crippen molar-refractivity contribution in [2.45, 2.75) is 44.8 Å². The molecular weight excluding hydrogens is 281 g/mol. The van der Waals surface area contributed by atoms with Gasteiger partial charge in [-0.05, 0) is 33.2 Å². The number of hydrogen-bond donors (Lipinski definition) is 1. The lowest BCUT2D eigenvalue weighted by Gasteiger charge is -2.32. The maximum Gasteiger partial charge on any atom is 0.494 e. The summed E-state index contributed by atoms with van der Waals surface area (Å²) in [5.74, 6) is -6.13. The van der Waals surface area contributed by atoms with E-state index in [0.29, 0.717) is 5.46 Å². The van der Waals surface area contributed by atoms with Crippen LogP contribution in [0, 0.1) is 0 Å². The van der Waals surface area contributed by atoms with Crippen LogP contribution in [0.15, 0.2) is 24.3 Å². The molecule has 114 valence electrons. The highest BCUT2D eigenvalue weighted by Gasteiger charge is 2.52. The molecular formula is C14H17BF2O4. The Kier molecular flexibility index (Phi) is 3.62. The van der Waals surface area contributed by atoms with Gasteiger partial charge in [0.15, 0.2) is 0 Å². The molecule has 2 rings (SSSR count). The number of carboxylic acids is 1.